The third kappa shape index (κ3) is 3.16. The van der Waals surface area contributed by atoms with Gasteiger partial charge in [-0.25, -0.2) is 9.97 Å². The lowest BCUT2D eigenvalue weighted by atomic mass is 10.2. The Morgan fingerprint density at radius 3 is 2.81 bits per heavy atom. The second kappa shape index (κ2) is 6.97. The molecule has 0 saturated heterocycles. The number of nitrogens with zero attached hydrogens (tertiary/aromatic N) is 3. The first-order valence-electron chi connectivity index (χ1n) is 8.03. The zero-order valence-corrected chi connectivity index (χ0v) is 14.9. The Hall–Kier alpha value is -3.19. The van der Waals surface area contributed by atoms with Crippen LogP contribution in [0.4, 0.5) is 5.13 Å². The van der Waals surface area contributed by atoms with Gasteiger partial charge in [-0.2, -0.15) is 0 Å². The van der Waals surface area contributed by atoms with Gasteiger partial charge in [0, 0.05) is 11.8 Å². The topological polar surface area (TPSA) is 71.1 Å². The first-order chi connectivity index (χ1) is 12.7. The molecular formula is C19H16N4O2S. The summed E-state index contributed by atoms with van der Waals surface area (Å²) in [4.78, 5) is 26.5. The normalized spacial score (nSPS) is 10.8. The van der Waals surface area contributed by atoms with E-state index in [1.807, 2.05) is 36.4 Å². The Morgan fingerprint density at radius 2 is 2.08 bits per heavy atom. The van der Waals surface area contributed by atoms with Crippen molar-refractivity contribution < 1.29 is 9.53 Å². The fourth-order valence-corrected chi connectivity index (χ4v) is 3.63. The second-order valence-corrected chi connectivity index (χ2v) is 6.67. The van der Waals surface area contributed by atoms with E-state index < -0.39 is 0 Å². The molecule has 2 aromatic heterocycles. The summed E-state index contributed by atoms with van der Waals surface area (Å²) in [7, 11) is 1.63. The Labute approximate surface area is 154 Å². The van der Waals surface area contributed by atoms with E-state index in [-0.39, 0.29) is 5.91 Å². The van der Waals surface area contributed by atoms with Crippen LogP contribution in [0.5, 0.6) is 5.75 Å². The molecule has 130 valence electrons. The molecule has 0 aliphatic carbocycles. The molecule has 6 nitrogen and oxygen atoms in total. The van der Waals surface area contributed by atoms with Crippen LogP contribution in [0.3, 0.4) is 0 Å². The van der Waals surface area contributed by atoms with E-state index in [1.54, 1.807) is 36.7 Å². The Bertz CT molecular complexity index is 1030. The highest BCUT2D eigenvalue weighted by atomic mass is 32.1. The molecule has 4 rings (SSSR count). The molecule has 2 heterocycles. The van der Waals surface area contributed by atoms with Crippen molar-refractivity contribution in [2.45, 2.75) is 6.54 Å². The highest BCUT2D eigenvalue weighted by Crippen LogP contribution is 2.32. The van der Waals surface area contributed by atoms with E-state index in [1.165, 1.54) is 11.3 Å². The van der Waals surface area contributed by atoms with E-state index in [9.17, 15) is 4.79 Å². The fraction of sp³-hybridized carbons (Fsp3) is 0.105. The number of methoxy groups -OCH3 is 1. The molecule has 0 atom stereocenters. The molecule has 0 bridgehead atoms. The van der Waals surface area contributed by atoms with Crippen molar-refractivity contribution in [3.05, 3.63) is 72.3 Å². The fourth-order valence-electron chi connectivity index (χ4n) is 2.64. The smallest absolute Gasteiger partial charge is 0.260 e. The molecule has 1 N–H and O–H groups in total. The summed E-state index contributed by atoms with van der Waals surface area (Å²) >= 11 is 1.46. The zero-order chi connectivity index (χ0) is 17.9. The van der Waals surface area contributed by atoms with Gasteiger partial charge in [-0.15, -0.1) is 0 Å². The van der Waals surface area contributed by atoms with Crippen LogP contribution in [0, 0.1) is 0 Å². The number of hydrogen-bond donors (Lipinski definition) is 1. The summed E-state index contributed by atoms with van der Waals surface area (Å²) in [5.74, 6) is 0.661. The van der Waals surface area contributed by atoms with Crippen LogP contribution in [0.2, 0.25) is 0 Å². The summed E-state index contributed by atoms with van der Waals surface area (Å²) in [5, 5.41) is 0.636. The van der Waals surface area contributed by atoms with Gasteiger partial charge in [-0.1, -0.05) is 29.5 Å². The first kappa shape index (κ1) is 16.3. The van der Waals surface area contributed by atoms with Crippen LogP contribution in [0.1, 0.15) is 16.1 Å². The van der Waals surface area contributed by atoms with Crippen molar-refractivity contribution in [2.24, 2.45) is 0 Å². The van der Waals surface area contributed by atoms with Gasteiger partial charge in [-0.3, -0.25) is 9.69 Å². The van der Waals surface area contributed by atoms with Crippen LogP contribution in [0.15, 0.2) is 61.1 Å². The summed E-state index contributed by atoms with van der Waals surface area (Å²) in [6.45, 7) is 0.366. The van der Waals surface area contributed by atoms with Crippen molar-refractivity contribution in [1.82, 2.24) is 15.0 Å². The van der Waals surface area contributed by atoms with Gasteiger partial charge in [0.15, 0.2) is 5.13 Å². The first-order valence-corrected chi connectivity index (χ1v) is 8.85. The SMILES string of the molecule is COc1ccc2nc(N(Cc3cnc[nH]3)C(=O)c3ccccc3)sc2c1. The maximum Gasteiger partial charge on any atom is 0.260 e. The maximum absolute atomic E-state index is 13.1. The number of fused-ring (bicyclic) bond motifs is 1. The zero-order valence-electron chi connectivity index (χ0n) is 14.0. The third-order valence-electron chi connectivity index (χ3n) is 3.96. The molecular weight excluding hydrogens is 348 g/mol. The molecule has 2 aromatic carbocycles. The number of hydrogen-bond acceptors (Lipinski definition) is 5. The molecule has 0 radical (unpaired) electrons. The van der Waals surface area contributed by atoms with Crippen LogP contribution in [-0.4, -0.2) is 28.0 Å². The number of thiazole rings is 1. The van der Waals surface area contributed by atoms with E-state index in [0.717, 1.165) is 21.7 Å². The molecule has 0 unspecified atom stereocenters. The molecule has 4 aromatic rings. The number of amides is 1. The molecule has 26 heavy (non-hydrogen) atoms. The molecule has 1 amide bonds. The number of anilines is 1. The molecule has 7 heteroatoms. The molecule has 0 aliphatic heterocycles. The Balaban J connectivity index is 1.75. The van der Waals surface area contributed by atoms with Gasteiger partial charge in [-0.05, 0) is 30.3 Å². The largest absolute Gasteiger partial charge is 0.497 e. The average molecular weight is 364 g/mol. The minimum absolute atomic E-state index is 0.105. The van der Waals surface area contributed by atoms with Crippen molar-refractivity contribution in [2.75, 3.05) is 12.0 Å². The van der Waals surface area contributed by atoms with Crippen molar-refractivity contribution in [3.63, 3.8) is 0 Å². The minimum Gasteiger partial charge on any atom is -0.497 e. The number of carbonyl (C=O) groups excluding carboxylic acids is 1. The molecule has 0 saturated carbocycles. The van der Waals surface area contributed by atoms with Gasteiger partial charge < -0.3 is 9.72 Å². The number of rotatable bonds is 5. The quantitative estimate of drug-likeness (QED) is 0.583. The van der Waals surface area contributed by atoms with Gasteiger partial charge in [0.25, 0.3) is 5.91 Å². The molecule has 0 aliphatic rings. The summed E-state index contributed by atoms with van der Waals surface area (Å²) in [5.41, 5.74) is 2.29. The van der Waals surface area contributed by atoms with E-state index in [4.69, 9.17) is 4.74 Å². The van der Waals surface area contributed by atoms with Gasteiger partial charge in [0.05, 0.1) is 35.9 Å². The number of aromatic nitrogens is 3. The number of imidazole rings is 1. The summed E-state index contributed by atoms with van der Waals surface area (Å²) in [6, 6.07) is 14.9. The van der Waals surface area contributed by atoms with Gasteiger partial charge in [0.1, 0.15) is 5.75 Å². The average Bonchev–Trinajstić information content (AvgIpc) is 3.34. The number of carbonyl (C=O) groups is 1. The standard InChI is InChI=1S/C19H16N4O2S/c1-25-15-7-8-16-17(9-15)26-19(22-16)23(11-14-10-20-12-21-14)18(24)13-5-3-2-4-6-13/h2-10,12H,11H2,1H3,(H,20,21). The predicted molar refractivity (Wildman–Crippen MR) is 102 cm³/mol. The maximum atomic E-state index is 13.1. The van der Waals surface area contributed by atoms with Crippen LogP contribution < -0.4 is 9.64 Å². The van der Waals surface area contributed by atoms with Gasteiger partial charge in [0.2, 0.25) is 0 Å². The van der Waals surface area contributed by atoms with E-state index in [2.05, 4.69) is 15.0 Å². The highest BCUT2D eigenvalue weighted by molar-refractivity contribution is 7.22. The van der Waals surface area contributed by atoms with Crippen LogP contribution in [-0.2, 0) is 6.54 Å². The number of benzene rings is 2. The number of ether oxygens (including phenoxy) is 1. The minimum atomic E-state index is -0.105. The summed E-state index contributed by atoms with van der Waals surface area (Å²) < 4.78 is 6.25. The predicted octanol–water partition coefficient (Wildman–Crippen LogP) is 3.88. The Morgan fingerprint density at radius 1 is 1.23 bits per heavy atom. The molecule has 0 fully saturated rings. The highest BCUT2D eigenvalue weighted by Gasteiger charge is 2.22. The van der Waals surface area contributed by atoms with Crippen molar-refractivity contribution >= 4 is 32.6 Å². The van der Waals surface area contributed by atoms with Gasteiger partial charge >= 0.3 is 0 Å². The lowest BCUT2D eigenvalue weighted by Gasteiger charge is -2.19. The van der Waals surface area contributed by atoms with Crippen molar-refractivity contribution in [3.8, 4) is 5.75 Å². The summed E-state index contributed by atoms with van der Waals surface area (Å²) in [6.07, 6.45) is 3.31. The van der Waals surface area contributed by atoms with Crippen LogP contribution in [0.25, 0.3) is 10.2 Å². The van der Waals surface area contributed by atoms with Crippen LogP contribution >= 0.6 is 11.3 Å². The monoisotopic (exact) mass is 364 g/mol. The lowest BCUT2D eigenvalue weighted by molar-refractivity contribution is 0.0985. The second-order valence-electron chi connectivity index (χ2n) is 5.66. The van der Waals surface area contributed by atoms with E-state index in [0.29, 0.717) is 17.2 Å². The number of H-pyrrole nitrogens is 1. The number of nitrogens with one attached hydrogen (secondary N) is 1. The van der Waals surface area contributed by atoms with E-state index >= 15 is 0 Å². The van der Waals surface area contributed by atoms with Crippen molar-refractivity contribution in [1.29, 1.82) is 0 Å². The number of aromatic amines is 1. The third-order valence-corrected chi connectivity index (χ3v) is 5.01. The Kier molecular flexibility index (Phi) is 4.37. The lowest BCUT2D eigenvalue weighted by Crippen LogP contribution is -2.30. The molecule has 0 spiro atoms.